The van der Waals surface area contributed by atoms with E-state index in [1.54, 1.807) is 6.20 Å². The van der Waals surface area contributed by atoms with E-state index in [2.05, 4.69) is 4.98 Å². The van der Waals surface area contributed by atoms with Crippen LogP contribution in [-0.4, -0.2) is 24.0 Å². The Morgan fingerprint density at radius 1 is 1.41 bits per heavy atom. The number of Topliss-reactive ketones (excluding diaryl/α,β-unsaturated/α-hetero) is 1. The highest BCUT2D eigenvalue weighted by Gasteiger charge is 2.36. The molecule has 1 saturated heterocycles. The summed E-state index contributed by atoms with van der Waals surface area (Å²) in [5.74, 6) is -0.677. The lowest BCUT2D eigenvalue weighted by atomic mass is 9.91. The highest BCUT2D eigenvalue weighted by atomic mass is 32.1. The number of ketones is 1. The third-order valence-corrected chi connectivity index (χ3v) is 3.85. The molecule has 1 aliphatic heterocycles. The molecule has 0 radical (unpaired) electrons. The fourth-order valence-electron chi connectivity index (χ4n) is 1.57. The first kappa shape index (κ1) is 12.7. The molecule has 5 heteroatoms. The van der Waals surface area contributed by atoms with E-state index >= 15 is 0 Å². The van der Waals surface area contributed by atoms with Crippen molar-refractivity contribution in [1.29, 1.82) is 0 Å². The summed E-state index contributed by atoms with van der Waals surface area (Å²) in [6.45, 7) is 8.69. The first-order valence-electron chi connectivity index (χ1n) is 5.62. The summed E-state index contributed by atoms with van der Waals surface area (Å²) in [5.41, 5.74) is -0.409. The number of carbonyl (C=O) groups is 1. The Bertz CT molecular complexity index is 427. The summed E-state index contributed by atoms with van der Waals surface area (Å²) in [5, 5.41) is 0.521. The molecule has 2 rings (SSSR count). The van der Waals surface area contributed by atoms with Crippen molar-refractivity contribution in [3.8, 4) is 0 Å². The van der Waals surface area contributed by atoms with Gasteiger partial charge in [0.25, 0.3) is 0 Å². The van der Waals surface area contributed by atoms with Gasteiger partial charge in [-0.05, 0) is 6.92 Å². The van der Waals surface area contributed by atoms with Crippen molar-refractivity contribution in [3.63, 3.8) is 0 Å². The molecule has 0 unspecified atom stereocenters. The molecular weight excluding hydrogens is 238 g/mol. The molecule has 2 heterocycles. The highest BCUT2D eigenvalue weighted by Crippen LogP contribution is 2.35. The van der Waals surface area contributed by atoms with Gasteiger partial charge in [-0.1, -0.05) is 20.8 Å². The molecule has 94 valence electrons. The first-order valence-corrected chi connectivity index (χ1v) is 6.43. The molecule has 0 amide bonds. The molecule has 0 bridgehead atoms. The van der Waals surface area contributed by atoms with E-state index in [0.717, 1.165) is 4.88 Å². The maximum atomic E-state index is 12.1. The second-order valence-electron chi connectivity index (χ2n) is 5.25. The number of thiazole rings is 1. The number of hydrogen-bond acceptors (Lipinski definition) is 5. The van der Waals surface area contributed by atoms with E-state index < -0.39 is 11.2 Å². The first-order chi connectivity index (χ1) is 7.83. The van der Waals surface area contributed by atoms with Gasteiger partial charge in [0.15, 0.2) is 10.8 Å². The van der Waals surface area contributed by atoms with Gasteiger partial charge in [-0.15, -0.1) is 11.3 Å². The van der Waals surface area contributed by atoms with Crippen LogP contribution in [0.2, 0.25) is 0 Å². The number of carbonyl (C=O) groups excluding carboxylic acids is 1. The van der Waals surface area contributed by atoms with Crippen LogP contribution >= 0.6 is 11.3 Å². The molecule has 17 heavy (non-hydrogen) atoms. The maximum Gasteiger partial charge on any atom is 0.203 e. The fourth-order valence-corrected chi connectivity index (χ4v) is 2.69. The van der Waals surface area contributed by atoms with Gasteiger partial charge in [-0.2, -0.15) is 0 Å². The molecule has 1 aliphatic rings. The van der Waals surface area contributed by atoms with E-state index in [4.69, 9.17) is 9.47 Å². The van der Waals surface area contributed by atoms with Crippen molar-refractivity contribution in [2.24, 2.45) is 5.41 Å². The zero-order valence-electron chi connectivity index (χ0n) is 10.6. The molecule has 1 aromatic heterocycles. The number of aromatic nitrogens is 1. The monoisotopic (exact) mass is 255 g/mol. The predicted molar refractivity (Wildman–Crippen MR) is 65.2 cm³/mol. The van der Waals surface area contributed by atoms with Crippen LogP contribution in [0.4, 0.5) is 0 Å². The SMILES string of the molecule is CC(C)(C)C(=O)c1ncc(C2(C)OCCO2)s1. The summed E-state index contributed by atoms with van der Waals surface area (Å²) in [6.07, 6.45) is 1.68. The number of hydrogen-bond donors (Lipinski definition) is 0. The van der Waals surface area contributed by atoms with Crippen molar-refractivity contribution < 1.29 is 14.3 Å². The molecule has 0 aliphatic carbocycles. The minimum absolute atomic E-state index is 0.0512. The summed E-state index contributed by atoms with van der Waals surface area (Å²) >= 11 is 1.35. The molecule has 0 atom stereocenters. The molecule has 0 spiro atoms. The lowest BCUT2D eigenvalue weighted by Crippen LogP contribution is -2.21. The van der Waals surface area contributed by atoms with Crippen LogP contribution in [0.1, 0.15) is 42.4 Å². The zero-order chi connectivity index (χ0) is 12.7. The van der Waals surface area contributed by atoms with Crippen LogP contribution in [0.25, 0.3) is 0 Å². The molecule has 1 fully saturated rings. The number of ether oxygens (including phenoxy) is 2. The van der Waals surface area contributed by atoms with Crippen molar-refractivity contribution in [3.05, 3.63) is 16.1 Å². The standard InChI is InChI=1S/C12H17NO3S/c1-11(2,3)9(14)10-13-7-8(17-10)12(4)15-5-6-16-12/h7H,5-6H2,1-4H3. The summed E-state index contributed by atoms with van der Waals surface area (Å²) in [6, 6.07) is 0. The Balaban J connectivity index is 2.25. The summed E-state index contributed by atoms with van der Waals surface area (Å²) in [7, 11) is 0. The van der Waals surface area contributed by atoms with Gasteiger partial charge in [0.05, 0.1) is 18.1 Å². The topological polar surface area (TPSA) is 48.4 Å². The summed E-state index contributed by atoms with van der Waals surface area (Å²) in [4.78, 5) is 17.1. The van der Waals surface area contributed by atoms with E-state index in [1.807, 2.05) is 27.7 Å². The Labute approximate surface area is 105 Å². The lowest BCUT2D eigenvalue weighted by molar-refractivity contribution is -0.147. The highest BCUT2D eigenvalue weighted by molar-refractivity contribution is 7.13. The summed E-state index contributed by atoms with van der Waals surface area (Å²) < 4.78 is 11.1. The van der Waals surface area contributed by atoms with Crippen LogP contribution in [-0.2, 0) is 15.3 Å². The van der Waals surface area contributed by atoms with Crippen LogP contribution in [0.5, 0.6) is 0 Å². The quantitative estimate of drug-likeness (QED) is 0.762. The zero-order valence-corrected chi connectivity index (χ0v) is 11.4. The van der Waals surface area contributed by atoms with E-state index in [9.17, 15) is 4.79 Å². The largest absolute Gasteiger partial charge is 0.343 e. The van der Waals surface area contributed by atoms with E-state index in [-0.39, 0.29) is 5.78 Å². The van der Waals surface area contributed by atoms with Crippen LogP contribution < -0.4 is 0 Å². The van der Waals surface area contributed by atoms with Crippen LogP contribution in [0, 0.1) is 5.41 Å². The number of rotatable bonds is 2. The van der Waals surface area contributed by atoms with Gasteiger partial charge >= 0.3 is 0 Å². The average molecular weight is 255 g/mol. The third kappa shape index (κ3) is 2.41. The van der Waals surface area contributed by atoms with Gasteiger partial charge in [-0.25, -0.2) is 4.98 Å². The second kappa shape index (κ2) is 4.15. The van der Waals surface area contributed by atoms with Crippen molar-refractivity contribution in [2.75, 3.05) is 13.2 Å². The minimum Gasteiger partial charge on any atom is -0.343 e. The van der Waals surface area contributed by atoms with Gasteiger partial charge < -0.3 is 9.47 Å². The Hall–Kier alpha value is -0.780. The Kier molecular flexibility index (Phi) is 3.10. The molecule has 0 aromatic carbocycles. The molecule has 0 saturated carbocycles. The maximum absolute atomic E-state index is 12.1. The van der Waals surface area contributed by atoms with Crippen molar-refractivity contribution in [1.82, 2.24) is 4.98 Å². The van der Waals surface area contributed by atoms with Crippen LogP contribution in [0.3, 0.4) is 0 Å². The molecule has 4 nitrogen and oxygen atoms in total. The number of nitrogens with zero attached hydrogens (tertiary/aromatic N) is 1. The van der Waals surface area contributed by atoms with Gasteiger partial charge in [0.2, 0.25) is 5.79 Å². The Morgan fingerprint density at radius 3 is 2.53 bits per heavy atom. The normalized spacial score (nSPS) is 19.5. The third-order valence-electron chi connectivity index (χ3n) is 2.67. The fraction of sp³-hybridized carbons (Fsp3) is 0.667. The lowest BCUT2D eigenvalue weighted by Gasteiger charge is -2.19. The second-order valence-corrected chi connectivity index (χ2v) is 6.28. The smallest absolute Gasteiger partial charge is 0.203 e. The van der Waals surface area contributed by atoms with Crippen molar-refractivity contribution >= 4 is 17.1 Å². The molecule has 1 aromatic rings. The van der Waals surface area contributed by atoms with E-state index in [0.29, 0.717) is 18.2 Å². The van der Waals surface area contributed by atoms with Gasteiger partial charge in [0, 0.05) is 11.6 Å². The minimum atomic E-state index is -0.728. The van der Waals surface area contributed by atoms with E-state index in [1.165, 1.54) is 11.3 Å². The van der Waals surface area contributed by atoms with Crippen LogP contribution in [0.15, 0.2) is 6.20 Å². The molecular formula is C12H17NO3S. The predicted octanol–water partition coefficient (Wildman–Crippen LogP) is 2.59. The van der Waals surface area contributed by atoms with Gasteiger partial charge in [0.1, 0.15) is 0 Å². The Morgan fingerprint density at radius 2 is 2.00 bits per heavy atom. The van der Waals surface area contributed by atoms with Gasteiger partial charge in [-0.3, -0.25) is 4.79 Å². The van der Waals surface area contributed by atoms with Crippen molar-refractivity contribution in [2.45, 2.75) is 33.5 Å². The average Bonchev–Trinajstić information content (AvgIpc) is 2.84. The molecule has 0 N–H and O–H groups in total.